The molecule has 2 rings (SSSR count). The van der Waals surface area contributed by atoms with Crippen LogP contribution < -0.4 is 5.32 Å². The highest BCUT2D eigenvalue weighted by atomic mass is 32.2. The number of thioether (sulfide) groups is 1. The van der Waals surface area contributed by atoms with Gasteiger partial charge in [-0.05, 0) is 30.5 Å². The maximum absolute atomic E-state index is 12.1. The molecule has 0 aliphatic heterocycles. The van der Waals surface area contributed by atoms with Crippen molar-refractivity contribution >= 4 is 29.0 Å². The summed E-state index contributed by atoms with van der Waals surface area (Å²) in [6.07, 6.45) is -0.537. The summed E-state index contributed by atoms with van der Waals surface area (Å²) in [5, 5.41) is 14.0. The number of rotatable bonds is 6. The molecule has 1 heterocycles. The lowest BCUT2D eigenvalue weighted by atomic mass is 10.2. The molecule has 20 heavy (non-hydrogen) atoms. The number of hydrogen-bond donors (Lipinski definition) is 2. The molecule has 1 aromatic carbocycles. The van der Waals surface area contributed by atoms with Crippen molar-refractivity contribution in [2.75, 3.05) is 6.54 Å². The largest absolute Gasteiger partial charge is 0.392 e. The van der Waals surface area contributed by atoms with Crippen molar-refractivity contribution < 1.29 is 9.90 Å². The molecule has 0 saturated heterocycles. The first-order valence-electron chi connectivity index (χ1n) is 6.37. The molecule has 0 radical (unpaired) electrons. The number of aliphatic hydroxyl groups excluding tert-OH is 1. The van der Waals surface area contributed by atoms with Gasteiger partial charge in [-0.1, -0.05) is 18.2 Å². The van der Waals surface area contributed by atoms with E-state index >= 15 is 0 Å². The van der Waals surface area contributed by atoms with Crippen molar-refractivity contribution in [3.05, 3.63) is 52.2 Å². The number of hydrogen-bond acceptors (Lipinski definition) is 4. The third kappa shape index (κ3) is 4.37. The zero-order valence-corrected chi connectivity index (χ0v) is 12.8. The van der Waals surface area contributed by atoms with Gasteiger partial charge >= 0.3 is 0 Å². The molecule has 1 unspecified atom stereocenters. The molecule has 0 bridgehead atoms. The molecule has 5 heteroatoms. The Morgan fingerprint density at radius 3 is 2.85 bits per heavy atom. The standard InChI is InChI=1S/C15H17NO2S2/c1-11(17)9-16-15(18)13-6-2-3-7-14(13)20-10-12-5-4-8-19-12/h2-8,11,17H,9-10H2,1H3,(H,16,18). The number of carbonyl (C=O) groups is 1. The van der Waals surface area contributed by atoms with Gasteiger partial charge in [0.05, 0.1) is 11.7 Å². The average Bonchev–Trinajstić information content (AvgIpc) is 2.96. The van der Waals surface area contributed by atoms with Crippen molar-refractivity contribution in [2.45, 2.75) is 23.7 Å². The zero-order valence-electron chi connectivity index (χ0n) is 11.2. The minimum atomic E-state index is -0.537. The Balaban J connectivity index is 2.03. The van der Waals surface area contributed by atoms with Gasteiger partial charge in [0.25, 0.3) is 5.91 Å². The van der Waals surface area contributed by atoms with Crippen LogP contribution in [0.4, 0.5) is 0 Å². The van der Waals surface area contributed by atoms with Gasteiger partial charge in [-0.25, -0.2) is 0 Å². The van der Waals surface area contributed by atoms with Crippen LogP contribution in [0.1, 0.15) is 22.2 Å². The molecule has 0 spiro atoms. The number of benzene rings is 1. The highest BCUT2D eigenvalue weighted by Crippen LogP contribution is 2.27. The molecular formula is C15H17NO2S2. The van der Waals surface area contributed by atoms with Crippen LogP contribution in [0.25, 0.3) is 0 Å². The summed E-state index contributed by atoms with van der Waals surface area (Å²) in [4.78, 5) is 14.3. The van der Waals surface area contributed by atoms with Crippen LogP contribution in [0.5, 0.6) is 0 Å². The second kappa shape index (κ2) is 7.47. The van der Waals surface area contributed by atoms with E-state index in [2.05, 4.69) is 16.8 Å². The van der Waals surface area contributed by atoms with Crippen LogP contribution in [-0.4, -0.2) is 23.7 Å². The van der Waals surface area contributed by atoms with E-state index < -0.39 is 6.10 Å². The third-order valence-corrected chi connectivity index (χ3v) is 4.82. The van der Waals surface area contributed by atoms with Gasteiger partial charge in [0, 0.05) is 22.1 Å². The summed E-state index contributed by atoms with van der Waals surface area (Å²) in [5.74, 6) is 0.721. The Morgan fingerprint density at radius 2 is 2.15 bits per heavy atom. The minimum Gasteiger partial charge on any atom is -0.392 e. The molecule has 1 atom stereocenters. The molecule has 106 valence electrons. The number of aliphatic hydroxyl groups is 1. The van der Waals surface area contributed by atoms with Crippen LogP contribution in [0.15, 0.2) is 46.7 Å². The number of carbonyl (C=O) groups excluding carboxylic acids is 1. The molecule has 2 aromatic rings. The predicted molar refractivity (Wildman–Crippen MR) is 84.3 cm³/mol. The summed E-state index contributed by atoms with van der Waals surface area (Å²) in [5.41, 5.74) is 0.662. The summed E-state index contributed by atoms with van der Waals surface area (Å²) < 4.78 is 0. The summed E-state index contributed by atoms with van der Waals surface area (Å²) in [7, 11) is 0. The minimum absolute atomic E-state index is 0.139. The monoisotopic (exact) mass is 307 g/mol. The summed E-state index contributed by atoms with van der Waals surface area (Å²) >= 11 is 3.37. The number of amides is 1. The fourth-order valence-corrected chi connectivity index (χ4v) is 3.48. The van der Waals surface area contributed by atoms with E-state index in [9.17, 15) is 9.90 Å². The van der Waals surface area contributed by atoms with Crippen molar-refractivity contribution in [3.63, 3.8) is 0 Å². The van der Waals surface area contributed by atoms with Crippen LogP contribution in [-0.2, 0) is 5.75 Å². The lowest BCUT2D eigenvalue weighted by Crippen LogP contribution is -2.30. The molecular weight excluding hydrogens is 290 g/mol. The second-order valence-corrected chi connectivity index (χ2v) is 6.47. The van der Waals surface area contributed by atoms with E-state index in [0.717, 1.165) is 10.6 Å². The Kier molecular flexibility index (Phi) is 5.64. The SMILES string of the molecule is CC(O)CNC(=O)c1ccccc1SCc1cccs1. The smallest absolute Gasteiger partial charge is 0.252 e. The van der Waals surface area contributed by atoms with E-state index in [0.29, 0.717) is 5.56 Å². The Bertz CT molecular complexity index is 553. The Labute approximate surface area is 127 Å². The molecule has 3 nitrogen and oxygen atoms in total. The Hall–Kier alpha value is -1.30. The topological polar surface area (TPSA) is 49.3 Å². The van der Waals surface area contributed by atoms with E-state index in [1.807, 2.05) is 30.3 Å². The molecule has 0 aliphatic carbocycles. The predicted octanol–water partition coefficient (Wildman–Crippen LogP) is 3.15. The van der Waals surface area contributed by atoms with E-state index in [4.69, 9.17) is 0 Å². The zero-order chi connectivity index (χ0) is 14.4. The van der Waals surface area contributed by atoms with Crippen molar-refractivity contribution in [1.82, 2.24) is 5.32 Å². The second-order valence-electron chi connectivity index (χ2n) is 4.42. The van der Waals surface area contributed by atoms with E-state index in [-0.39, 0.29) is 12.5 Å². The number of nitrogens with one attached hydrogen (secondary N) is 1. The van der Waals surface area contributed by atoms with Crippen LogP contribution in [0, 0.1) is 0 Å². The number of thiophene rings is 1. The normalized spacial score (nSPS) is 12.1. The van der Waals surface area contributed by atoms with Gasteiger partial charge in [0.1, 0.15) is 0 Å². The van der Waals surface area contributed by atoms with Gasteiger partial charge in [-0.2, -0.15) is 0 Å². The lowest BCUT2D eigenvalue weighted by molar-refractivity contribution is 0.0921. The first-order valence-corrected chi connectivity index (χ1v) is 8.24. The van der Waals surface area contributed by atoms with Crippen LogP contribution in [0.3, 0.4) is 0 Å². The maximum Gasteiger partial charge on any atom is 0.252 e. The quantitative estimate of drug-likeness (QED) is 0.806. The maximum atomic E-state index is 12.1. The molecule has 0 aliphatic rings. The molecule has 2 N–H and O–H groups in total. The average molecular weight is 307 g/mol. The highest BCUT2D eigenvalue weighted by Gasteiger charge is 2.11. The third-order valence-electron chi connectivity index (χ3n) is 2.64. The molecule has 0 saturated carbocycles. The van der Waals surface area contributed by atoms with Crippen LogP contribution >= 0.6 is 23.1 Å². The van der Waals surface area contributed by atoms with Crippen molar-refractivity contribution in [2.24, 2.45) is 0 Å². The lowest BCUT2D eigenvalue weighted by Gasteiger charge is -2.10. The fraction of sp³-hybridized carbons (Fsp3) is 0.267. The van der Waals surface area contributed by atoms with E-state index in [1.165, 1.54) is 4.88 Å². The van der Waals surface area contributed by atoms with Crippen molar-refractivity contribution in [1.29, 1.82) is 0 Å². The van der Waals surface area contributed by atoms with Gasteiger partial charge in [-0.3, -0.25) is 4.79 Å². The molecule has 1 aromatic heterocycles. The van der Waals surface area contributed by atoms with Gasteiger partial charge in [-0.15, -0.1) is 23.1 Å². The molecule has 1 amide bonds. The Morgan fingerprint density at radius 1 is 1.35 bits per heavy atom. The first-order chi connectivity index (χ1) is 9.66. The summed E-state index contributed by atoms with van der Waals surface area (Å²) in [6.45, 7) is 1.92. The summed E-state index contributed by atoms with van der Waals surface area (Å²) in [6, 6.07) is 11.7. The fourth-order valence-electron chi connectivity index (χ4n) is 1.66. The van der Waals surface area contributed by atoms with Crippen LogP contribution in [0.2, 0.25) is 0 Å². The highest BCUT2D eigenvalue weighted by molar-refractivity contribution is 7.98. The molecule has 0 fully saturated rings. The van der Waals surface area contributed by atoms with E-state index in [1.54, 1.807) is 30.0 Å². The van der Waals surface area contributed by atoms with Crippen molar-refractivity contribution in [3.8, 4) is 0 Å². The van der Waals surface area contributed by atoms with Gasteiger partial charge in [0.2, 0.25) is 0 Å². The van der Waals surface area contributed by atoms with Gasteiger partial charge < -0.3 is 10.4 Å². The van der Waals surface area contributed by atoms with Gasteiger partial charge in [0.15, 0.2) is 0 Å². The first kappa shape index (κ1) is 15.1.